The third kappa shape index (κ3) is 5.24. The van der Waals surface area contributed by atoms with Crippen molar-refractivity contribution in [1.29, 1.82) is 0 Å². The number of hydrogen-bond donors (Lipinski definition) is 3. The smallest absolute Gasteiger partial charge is 0.408 e. The molecule has 3 N–H and O–H groups in total. The van der Waals surface area contributed by atoms with Crippen LogP contribution in [0.5, 0.6) is 0 Å². The maximum Gasteiger partial charge on any atom is 0.408 e. The van der Waals surface area contributed by atoms with Gasteiger partial charge in [-0.1, -0.05) is 12.1 Å². The largest absolute Gasteiger partial charge is 0.444 e. The van der Waals surface area contributed by atoms with E-state index in [9.17, 15) is 9.18 Å². The lowest BCUT2D eigenvalue weighted by atomic mass is 9.82. The summed E-state index contributed by atoms with van der Waals surface area (Å²) in [6.07, 6.45) is 6.19. The lowest BCUT2D eigenvalue weighted by Gasteiger charge is -2.40. The van der Waals surface area contributed by atoms with E-state index >= 15 is 0 Å². The Morgan fingerprint density at radius 3 is 2.76 bits per heavy atom. The zero-order valence-corrected chi connectivity index (χ0v) is 21.1. The fourth-order valence-electron chi connectivity index (χ4n) is 4.62. The zero-order valence-electron chi connectivity index (χ0n) is 21.1. The molecule has 0 spiro atoms. The molecular weight excluding hydrogens is 473 g/mol. The number of piperidine rings is 1. The molecule has 1 amide bonds. The van der Waals surface area contributed by atoms with Crippen molar-refractivity contribution in [3.8, 4) is 11.3 Å². The second kappa shape index (κ2) is 9.78. The quantitative estimate of drug-likeness (QED) is 0.360. The number of pyridine rings is 1. The van der Waals surface area contributed by atoms with Crippen LogP contribution < -0.4 is 16.0 Å². The number of ether oxygens (including phenoxy) is 1. The summed E-state index contributed by atoms with van der Waals surface area (Å²) < 4.78 is 21.6. The number of rotatable bonds is 5. The number of carbonyl (C=O) groups excluding carboxylic acids is 1. The molecule has 1 aliphatic heterocycles. The van der Waals surface area contributed by atoms with Gasteiger partial charge in [0.05, 0.1) is 34.8 Å². The van der Waals surface area contributed by atoms with Crippen molar-refractivity contribution in [2.75, 3.05) is 18.4 Å². The molecule has 3 aromatic heterocycles. The summed E-state index contributed by atoms with van der Waals surface area (Å²) in [6.45, 7) is 6.90. The molecular formula is C27H30FN7O2. The van der Waals surface area contributed by atoms with Crippen LogP contribution in [0.25, 0.3) is 16.8 Å². The Morgan fingerprint density at radius 2 is 2.00 bits per heavy atom. The highest BCUT2D eigenvalue weighted by Crippen LogP contribution is 2.35. The number of alkyl carbamates (subject to hydrolysis) is 1. The van der Waals surface area contributed by atoms with Crippen LogP contribution in [0.2, 0.25) is 0 Å². The summed E-state index contributed by atoms with van der Waals surface area (Å²) >= 11 is 0. The van der Waals surface area contributed by atoms with Crippen LogP contribution in [-0.4, -0.2) is 44.4 Å². The van der Waals surface area contributed by atoms with Gasteiger partial charge >= 0.3 is 6.09 Å². The summed E-state index contributed by atoms with van der Waals surface area (Å²) in [5.74, 6) is 0.0945. The van der Waals surface area contributed by atoms with Crippen LogP contribution in [0.15, 0.2) is 61.1 Å². The number of halogens is 1. The number of imidazole rings is 1. The third-order valence-electron chi connectivity index (χ3n) is 6.24. The van der Waals surface area contributed by atoms with Crippen LogP contribution in [0.1, 0.15) is 39.2 Å². The van der Waals surface area contributed by atoms with Gasteiger partial charge in [0.2, 0.25) is 5.95 Å². The van der Waals surface area contributed by atoms with Crippen molar-refractivity contribution >= 4 is 23.2 Å². The number of nitrogens with one attached hydrogen (secondary N) is 3. The SMILES string of the molecule is CC(C)(C)OC(=O)N[C@]1(c2ccncc2Nc2ncc3ccc(-c4ccccc4F)nn23)CCCNC1. The van der Waals surface area contributed by atoms with Crippen LogP contribution in [0.3, 0.4) is 0 Å². The molecule has 10 heteroatoms. The maximum absolute atomic E-state index is 14.4. The van der Waals surface area contributed by atoms with Gasteiger partial charge in [0, 0.05) is 23.9 Å². The highest BCUT2D eigenvalue weighted by atomic mass is 19.1. The van der Waals surface area contributed by atoms with Crippen LogP contribution in [0.4, 0.5) is 20.8 Å². The number of amides is 1. The van der Waals surface area contributed by atoms with E-state index < -0.39 is 17.2 Å². The number of nitrogens with zero attached hydrogens (tertiary/aromatic N) is 4. The number of fused-ring (bicyclic) bond motifs is 1. The predicted molar refractivity (Wildman–Crippen MR) is 139 cm³/mol. The summed E-state index contributed by atoms with van der Waals surface area (Å²) in [7, 11) is 0. The van der Waals surface area contributed by atoms with E-state index in [1.165, 1.54) is 6.07 Å². The van der Waals surface area contributed by atoms with Gasteiger partial charge in [-0.15, -0.1) is 0 Å². The molecule has 4 aromatic rings. The zero-order chi connectivity index (χ0) is 26.0. The summed E-state index contributed by atoms with van der Waals surface area (Å²) in [4.78, 5) is 21.7. The molecule has 0 bridgehead atoms. The van der Waals surface area contributed by atoms with Gasteiger partial charge in [-0.25, -0.2) is 14.2 Å². The molecule has 1 saturated heterocycles. The van der Waals surface area contributed by atoms with Crippen LogP contribution in [0, 0.1) is 5.82 Å². The first kappa shape index (κ1) is 24.6. The molecule has 1 atom stereocenters. The van der Waals surface area contributed by atoms with Crippen molar-refractivity contribution in [2.45, 2.75) is 44.8 Å². The normalized spacial score (nSPS) is 17.9. The minimum Gasteiger partial charge on any atom is -0.444 e. The summed E-state index contributed by atoms with van der Waals surface area (Å²) in [5.41, 5.74) is 1.81. The second-order valence-electron chi connectivity index (χ2n) is 10.2. The molecule has 192 valence electrons. The Morgan fingerprint density at radius 1 is 1.16 bits per heavy atom. The van der Waals surface area contributed by atoms with E-state index in [1.807, 2.05) is 32.9 Å². The molecule has 1 aromatic carbocycles. The van der Waals surface area contributed by atoms with E-state index in [0.717, 1.165) is 30.5 Å². The molecule has 9 nitrogen and oxygen atoms in total. The minimum atomic E-state index is -0.718. The molecule has 0 unspecified atom stereocenters. The van der Waals surface area contributed by atoms with Crippen LogP contribution in [-0.2, 0) is 10.3 Å². The van der Waals surface area contributed by atoms with Gasteiger partial charge in [0.25, 0.3) is 0 Å². The molecule has 0 saturated carbocycles. The molecule has 0 radical (unpaired) electrons. The van der Waals surface area contributed by atoms with Crippen molar-refractivity contribution in [3.63, 3.8) is 0 Å². The first-order valence-corrected chi connectivity index (χ1v) is 12.3. The molecule has 4 heterocycles. The lowest BCUT2D eigenvalue weighted by molar-refractivity contribution is 0.0431. The highest BCUT2D eigenvalue weighted by Gasteiger charge is 2.39. The van der Waals surface area contributed by atoms with Crippen molar-refractivity contribution < 1.29 is 13.9 Å². The van der Waals surface area contributed by atoms with Crippen molar-refractivity contribution in [3.05, 3.63) is 72.4 Å². The van der Waals surface area contributed by atoms with E-state index in [2.05, 4.69) is 31.0 Å². The predicted octanol–water partition coefficient (Wildman–Crippen LogP) is 4.78. The third-order valence-corrected chi connectivity index (χ3v) is 6.24. The fourth-order valence-corrected chi connectivity index (χ4v) is 4.62. The van der Waals surface area contributed by atoms with Crippen LogP contribution >= 0.6 is 0 Å². The Hall–Kier alpha value is -4.05. The van der Waals surface area contributed by atoms with Gasteiger partial charge in [-0.05, 0) is 70.5 Å². The first-order chi connectivity index (χ1) is 17.7. The summed E-state index contributed by atoms with van der Waals surface area (Å²) in [5, 5.41) is 14.5. The molecule has 0 aliphatic carbocycles. The van der Waals surface area contributed by atoms with E-state index in [1.54, 1.807) is 47.4 Å². The molecule has 1 aliphatic rings. The van der Waals surface area contributed by atoms with Crippen molar-refractivity contribution in [2.24, 2.45) is 0 Å². The number of benzene rings is 1. The molecule has 5 rings (SSSR count). The number of aromatic nitrogens is 4. The van der Waals surface area contributed by atoms with Gasteiger partial charge in [0.1, 0.15) is 11.4 Å². The Balaban J connectivity index is 1.51. The molecule has 1 fully saturated rings. The highest BCUT2D eigenvalue weighted by molar-refractivity contribution is 5.71. The Kier molecular flexibility index (Phi) is 6.51. The average molecular weight is 504 g/mol. The second-order valence-corrected chi connectivity index (χ2v) is 10.2. The average Bonchev–Trinajstić information content (AvgIpc) is 3.26. The maximum atomic E-state index is 14.4. The van der Waals surface area contributed by atoms with Gasteiger partial charge in [0.15, 0.2) is 0 Å². The molecule has 37 heavy (non-hydrogen) atoms. The first-order valence-electron chi connectivity index (χ1n) is 12.3. The van der Waals surface area contributed by atoms with Gasteiger partial charge in [-0.3, -0.25) is 4.98 Å². The summed E-state index contributed by atoms with van der Waals surface area (Å²) in [6, 6.07) is 12.0. The van der Waals surface area contributed by atoms with E-state index in [4.69, 9.17) is 4.74 Å². The fraction of sp³-hybridized carbons (Fsp3) is 0.333. The van der Waals surface area contributed by atoms with E-state index in [-0.39, 0.29) is 5.82 Å². The van der Waals surface area contributed by atoms with Gasteiger partial charge < -0.3 is 20.7 Å². The minimum absolute atomic E-state index is 0.349. The van der Waals surface area contributed by atoms with Crippen molar-refractivity contribution in [1.82, 2.24) is 30.2 Å². The van der Waals surface area contributed by atoms with Gasteiger partial charge in [-0.2, -0.15) is 9.61 Å². The topological polar surface area (TPSA) is 105 Å². The number of anilines is 2. The number of carbonyl (C=O) groups is 1. The Labute approximate surface area is 214 Å². The lowest BCUT2D eigenvalue weighted by Crippen LogP contribution is -2.56. The monoisotopic (exact) mass is 503 g/mol. The number of hydrogen-bond acceptors (Lipinski definition) is 7. The Bertz CT molecular complexity index is 1420. The standard InChI is InChI=1S/C27H30FN7O2/c1-26(2,3)37-25(36)33-27(12-6-13-30-17-27)20-11-14-29-16-23(20)32-24-31-15-18-9-10-22(34-35(18)24)19-7-4-5-8-21(19)28/h4-5,7-11,14-16,30H,6,12-13,17H2,1-3H3,(H,31,32)(H,33,36)/t27-/m1/s1. The van der Waals surface area contributed by atoms with E-state index in [0.29, 0.717) is 29.4 Å².